The number of methoxy groups -OCH3 is 1. The minimum Gasteiger partial charge on any atom is -0.493 e. The van der Waals surface area contributed by atoms with Crippen molar-refractivity contribution in [2.24, 2.45) is 0 Å². The quantitative estimate of drug-likeness (QED) is 0.443. The number of benzene rings is 1. The highest BCUT2D eigenvalue weighted by molar-refractivity contribution is 7.99. The van der Waals surface area contributed by atoms with Crippen LogP contribution in [-0.2, 0) is 4.79 Å². The molecule has 0 saturated heterocycles. The lowest BCUT2D eigenvalue weighted by Gasteiger charge is -2.11. The van der Waals surface area contributed by atoms with Gasteiger partial charge in [0.15, 0.2) is 16.7 Å². The van der Waals surface area contributed by atoms with Gasteiger partial charge in [0, 0.05) is 11.4 Å². The first kappa shape index (κ1) is 19.1. The largest absolute Gasteiger partial charge is 0.493 e. The van der Waals surface area contributed by atoms with Crippen LogP contribution in [0.25, 0.3) is 0 Å². The van der Waals surface area contributed by atoms with Gasteiger partial charge in [-0.2, -0.15) is 0 Å². The third-order valence-electron chi connectivity index (χ3n) is 3.70. The molecule has 0 saturated carbocycles. The van der Waals surface area contributed by atoms with Crippen molar-refractivity contribution in [1.29, 1.82) is 0 Å². The van der Waals surface area contributed by atoms with Gasteiger partial charge in [-0.3, -0.25) is 4.79 Å². The first-order chi connectivity index (χ1) is 12.0. The van der Waals surface area contributed by atoms with E-state index in [1.54, 1.807) is 7.11 Å². The lowest BCUT2D eigenvalue weighted by atomic mass is 10.2. The van der Waals surface area contributed by atoms with Gasteiger partial charge in [0.25, 0.3) is 0 Å². The highest BCUT2D eigenvalue weighted by atomic mass is 32.2. The molecule has 7 heteroatoms. The van der Waals surface area contributed by atoms with E-state index in [4.69, 9.17) is 9.47 Å². The van der Waals surface area contributed by atoms with E-state index in [1.807, 2.05) is 45.0 Å². The van der Waals surface area contributed by atoms with E-state index in [1.165, 1.54) is 11.8 Å². The van der Waals surface area contributed by atoms with E-state index in [9.17, 15) is 4.79 Å². The summed E-state index contributed by atoms with van der Waals surface area (Å²) in [4.78, 5) is 20.7. The second-order valence-electron chi connectivity index (χ2n) is 5.44. The van der Waals surface area contributed by atoms with Crippen LogP contribution in [0.5, 0.6) is 11.5 Å². The predicted molar refractivity (Wildman–Crippen MR) is 98.5 cm³/mol. The number of carbonyl (C=O) groups excluding carboxylic acids is 1. The molecule has 134 valence electrons. The van der Waals surface area contributed by atoms with Crippen LogP contribution in [0.2, 0.25) is 0 Å². The lowest BCUT2D eigenvalue weighted by molar-refractivity contribution is -0.118. The molecule has 0 fully saturated rings. The third kappa shape index (κ3) is 5.63. The summed E-state index contributed by atoms with van der Waals surface area (Å²) in [6.45, 7) is 6.68. The zero-order valence-corrected chi connectivity index (χ0v) is 15.8. The Morgan fingerprint density at radius 3 is 2.40 bits per heavy atom. The van der Waals surface area contributed by atoms with Crippen LogP contribution in [0.1, 0.15) is 17.0 Å². The topological polar surface area (TPSA) is 73.3 Å². The molecule has 2 rings (SSSR count). The molecule has 0 radical (unpaired) electrons. The summed E-state index contributed by atoms with van der Waals surface area (Å²) in [5, 5.41) is 3.45. The number of hydrogen-bond acceptors (Lipinski definition) is 6. The van der Waals surface area contributed by atoms with Crippen molar-refractivity contribution in [2.45, 2.75) is 25.9 Å². The summed E-state index contributed by atoms with van der Waals surface area (Å²) < 4.78 is 10.8. The maximum absolute atomic E-state index is 11.9. The number of rotatable bonds is 8. The van der Waals surface area contributed by atoms with Gasteiger partial charge < -0.3 is 14.8 Å². The minimum atomic E-state index is -0.0758. The van der Waals surface area contributed by atoms with Crippen molar-refractivity contribution in [1.82, 2.24) is 15.3 Å². The Bertz CT molecular complexity index is 714. The maximum Gasteiger partial charge on any atom is 0.230 e. The summed E-state index contributed by atoms with van der Waals surface area (Å²) in [7, 11) is 1.60. The number of ether oxygens (including phenoxy) is 2. The van der Waals surface area contributed by atoms with E-state index in [-0.39, 0.29) is 11.7 Å². The number of nitrogens with one attached hydrogen (secondary N) is 1. The molecule has 0 aliphatic heterocycles. The summed E-state index contributed by atoms with van der Waals surface area (Å²) in [5.41, 5.74) is 2.98. The average molecular weight is 361 g/mol. The maximum atomic E-state index is 11.9. The van der Waals surface area contributed by atoms with Gasteiger partial charge in [-0.05, 0) is 38.5 Å². The first-order valence-electron chi connectivity index (χ1n) is 7.98. The second kappa shape index (κ2) is 9.27. The Balaban J connectivity index is 1.72. The Hall–Kier alpha value is -2.28. The fraction of sp³-hybridized carbons (Fsp3) is 0.389. The first-order valence-corrected chi connectivity index (χ1v) is 8.97. The fourth-order valence-corrected chi connectivity index (χ4v) is 2.84. The number of para-hydroxylation sites is 2. The standard InChI is InChI=1S/C18H23N3O3S/c1-12-13(2)20-18(21-14(12)3)25-11-17(22)19-9-10-24-16-8-6-5-7-15(16)23-4/h5-8H,9-11H2,1-4H3,(H,19,22). The monoisotopic (exact) mass is 361 g/mol. The van der Waals surface area contributed by atoms with E-state index in [2.05, 4.69) is 15.3 Å². The van der Waals surface area contributed by atoms with Crippen LogP contribution in [0, 0.1) is 20.8 Å². The second-order valence-corrected chi connectivity index (χ2v) is 6.38. The number of carbonyl (C=O) groups is 1. The van der Waals surface area contributed by atoms with Crippen LogP contribution in [0.15, 0.2) is 29.4 Å². The molecule has 1 amide bonds. The van der Waals surface area contributed by atoms with Crippen molar-refractivity contribution in [3.63, 3.8) is 0 Å². The normalized spacial score (nSPS) is 10.4. The summed E-state index contributed by atoms with van der Waals surface area (Å²) >= 11 is 1.33. The zero-order valence-electron chi connectivity index (χ0n) is 15.0. The molecule has 0 aliphatic carbocycles. The molecule has 0 aliphatic rings. The molecule has 0 unspecified atom stereocenters. The van der Waals surface area contributed by atoms with E-state index >= 15 is 0 Å². The van der Waals surface area contributed by atoms with Gasteiger partial charge >= 0.3 is 0 Å². The SMILES string of the molecule is COc1ccccc1OCCNC(=O)CSc1nc(C)c(C)c(C)n1. The van der Waals surface area contributed by atoms with Gasteiger partial charge in [0.2, 0.25) is 5.91 Å². The molecule has 1 aromatic carbocycles. The molecule has 0 bridgehead atoms. The summed E-state index contributed by atoms with van der Waals surface area (Å²) in [6, 6.07) is 7.41. The van der Waals surface area contributed by atoms with E-state index in [0.29, 0.717) is 29.8 Å². The van der Waals surface area contributed by atoms with Crippen LogP contribution < -0.4 is 14.8 Å². The molecule has 0 spiro atoms. The summed E-state index contributed by atoms with van der Waals surface area (Å²) in [6.07, 6.45) is 0. The highest BCUT2D eigenvalue weighted by Crippen LogP contribution is 2.25. The molecular weight excluding hydrogens is 338 g/mol. The van der Waals surface area contributed by atoms with E-state index in [0.717, 1.165) is 17.0 Å². The van der Waals surface area contributed by atoms with Crippen LogP contribution in [-0.4, -0.2) is 41.9 Å². The number of aromatic nitrogens is 2. The Morgan fingerprint density at radius 1 is 1.12 bits per heavy atom. The minimum absolute atomic E-state index is 0.0758. The fourth-order valence-electron chi connectivity index (χ4n) is 2.08. The van der Waals surface area contributed by atoms with Gasteiger partial charge in [-0.15, -0.1) is 0 Å². The number of nitrogens with zero attached hydrogens (tertiary/aromatic N) is 2. The molecular formula is C18H23N3O3S. The van der Waals surface area contributed by atoms with Crippen molar-refractivity contribution in [3.8, 4) is 11.5 Å². The molecule has 0 atom stereocenters. The van der Waals surface area contributed by atoms with Crippen molar-refractivity contribution in [2.75, 3.05) is 26.0 Å². The van der Waals surface area contributed by atoms with E-state index < -0.39 is 0 Å². The number of hydrogen-bond donors (Lipinski definition) is 1. The Labute approximate surface area is 152 Å². The molecule has 6 nitrogen and oxygen atoms in total. The molecule has 1 heterocycles. The average Bonchev–Trinajstić information content (AvgIpc) is 2.61. The zero-order chi connectivity index (χ0) is 18.2. The summed E-state index contributed by atoms with van der Waals surface area (Å²) in [5.74, 6) is 1.53. The van der Waals surface area contributed by atoms with Gasteiger partial charge in [-0.25, -0.2) is 9.97 Å². The molecule has 2 aromatic rings. The Kier molecular flexibility index (Phi) is 7.06. The molecule has 1 aromatic heterocycles. The lowest BCUT2D eigenvalue weighted by Crippen LogP contribution is -2.29. The van der Waals surface area contributed by atoms with Crippen molar-refractivity contribution in [3.05, 3.63) is 41.2 Å². The van der Waals surface area contributed by atoms with Crippen LogP contribution >= 0.6 is 11.8 Å². The van der Waals surface area contributed by atoms with Crippen molar-refractivity contribution < 1.29 is 14.3 Å². The van der Waals surface area contributed by atoms with Crippen LogP contribution in [0.4, 0.5) is 0 Å². The van der Waals surface area contributed by atoms with Crippen LogP contribution in [0.3, 0.4) is 0 Å². The van der Waals surface area contributed by atoms with Gasteiger partial charge in [0.1, 0.15) is 6.61 Å². The van der Waals surface area contributed by atoms with Gasteiger partial charge in [-0.1, -0.05) is 23.9 Å². The number of thioether (sulfide) groups is 1. The molecule has 1 N–H and O–H groups in total. The van der Waals surface area contributed by atoms with Crippen molar-refractivity contribution >= 4 is 17.7 Å². The Morgan fingerprint density at radius 2 is 1.76 bits per heavy atom. The number of amides is 1. The molecule has 25 heavy (non-hydrogen) atoms. The smallest absolute Gasteiger partial charge is 0.230 e. The van der Waals surface area contributed by atoms with Gasteiger partial charge in [0.05, 0.1) is 19.4 Å². The highest BCUT2D eigenvalue weighted by Gasteiger charge is 2.08. The number of aryl methyl sites for hydroxylation is 2. The predicted octanol–water partition coefficient (Wildman–Crippen LogP) is 2.70. The third-order valence-corrected chi connectivity index (χ3v) is 4.54.